The fourth-order valence-corrected chi connectivity index (χ4v) is 3.09. The fourth-order valence-electron chi connectivity index (χ4n) is 3.09. The predicted molar refractivity (Wildman–Crippen MR) is 126 cm³/mol. The Morgan fingerprint density at radius 1 is 1.12 bits per heavy atom. The van der Waals surface area contributed by atoms with E-state index in [9.17, 15) is 9.90 Å². The molecule has 0 saturated heterocycles. The van der Waals surface area contributed by atoms with Gasteiger partial charge in [-0.1, -0.05) is 13.8 Å². The van der Waals surface area contributed by atoms with Crippen LogP contribution in [0.5, 0.6) is 28.7 Å². The molecular weight excluding hydrogens is 426 g/mol. The topological polar surface area (TPSA) is 122 Å². The van der Waals surface area contributed by atoms with E-state index in [1.165, 1.54) is 13.2 Å². The summed E-state index contributed by atoms with van der Waals surface area (Å²) in [6.45, 7) is 4.72. The van der Waals surface area contributed by atoms with E-state index in [1.54, 1.807) is 36.5 Å². The van der Waals surface area contributed by atoms with E-state index >= 15 is 0 Å². The highest BCUT2D eigenvalue weighted by atomic mass is 16.5. The smallest absolute Gasteiger partial charge is 0.319 e. The van der Waals surface area contributed by atoms with Gasteiger partial charge < -0.3 is 35.1 Å². The number of fused-ring (bicyclic) bond motifs is 1. The number of aliphatic hydroxyl groups is 1. The molecule has 176 valence electrons. The Labute approximate surface area is 192 Å². The Morgan fingerprint density at radius 3 is 2.64 bits per heavy atom. The molecule has 0 spiro atoms. The van der Waals surface area contributed by atoms with E-state index in [2.05, 4.69) is 29.5 Å². The summed E-state index contributed by atoms with van der Waals surface area (Å²) in [5, 5.41) is 25.4. The van der Waals surface area contributed by atoms with Crippen LogP contribution in [0.1, 0.15) is 20.3 Å². The summed E-state index contributed by atoms with van der Waals surface area (Å²) in [6.07, 6.45) is 2.46. The Morgan fingerprint density at radius 2 is 1.94 bits per heavy atom. The maximum Gasteiger partial charge on any atom is 0.319 e. The average Bonchev–Trinajstić information content (AvgIpc) is 2.78. The Bertz CT molecular complexity index is 1100. The molecule has 0 aliphatic carbocycles. The first-order valence-corrected chi connectivity index (χ1v) is 10.7. The number of pyridine rings is 1. The second kappa shape index (κ2) is 11.2. The number of urea groups is 1. The zero-order chi connectivity index (χ0) is 23.8. The minimum atomic E-state index is -0.383. The standard InChI is InChI=1S/C24H29N3O6/c1-15(2)6-8-26-24(30)27-18-5-4-16(12-20(18)29)33-21-7-9-25-19-14-23(32-11-10-28)22(31-3)13-17(19)21/h4-5,7,9,12-15,28-29H,6,8,10-11H2,1-3H3,(H2,26,27,30). The van der Waals surface area contributed by atoms with Crippen LogP contribution in [-0.4, -0.2) is 48.1 Å². The number of ether oxygens (including phenoxy) is 3. The van der Waals surface area contributed by atoms with E-state index in [1.807, 2.05) is 0 Å². The SMILES string of the molecule is COc1cc2c(Oc3ccc(NC(=O)NCCC(C)C)c(O)c3)ccnc2cc1OCCO. The van der Waals surface area contributed by atoms with Gasteiger partial charge >= 0.3 is 6.03 Å². The summed E-state index contributed by atoms with van der Waals surface area (Å²) in [5.74, 6) is 2.17. The number of carbonyl (C=O) groups is 1. The number of hydrogen-bond acceptors (Lipinski definition) is 7. The molecule has 4 N–H and O–H groups in total. The molecule has 2 aromatic carbocycles. The molecule has 0 radical (unpaired) electrons. The molecule has 1 aromatic heterocycles. The van der Waals surface area contributed by atoms with Gasteiger partial charge in [-0.2, -0.15) is 0 Å². The summed E-state index contributed by atoms with van der Waals surface area (Å²) < 4.78 is 16.9. The zero-order valence-electron chi connectivity index (χ0n) is 18.9. The number of amides is 2. The number of phenolic OH excluding ortho intramolecular Hbond substituents is 1. The lowest BCUT2D eigenvalue weighted by molar-refractivity contribution is 0.196. The highest BCUT2D eigenvalue weighted by Crippen LogP contribution is 2.38. The molecule has 0 fully saturated rings. The van der Waals surface area contributed by atoms with Crippen molar-refractivity contribution in [1.82, 2.24) is 10.3 Å². The van der Waals surface area contributed by atoms with Crippen LogP contribution in [-0.2, 0) is 0 Å². The maximum atomic E-state index is 12.0. The van der Waals surface area contributed by atoms with Crippen LogP contribution >= 0.6 is 0 Å². The van der Waals surface area contributed by atoms with Crippen LogP contribution < -0.4 is 24.8 Å². The predicted octanol–water partition coefficient (Wildman–Crippen LogP) is 4.28. The summed E-state index contributed by atoms with van der Waals surface area (Å²) >= 11 is 0. The van der Waals surface area contributed by atoms with Crippen molar-refractivity contribution in [1.29, 1.82) is 0 Å². The fraction of sp³-hybridized carbons (Fsp3) is 0.333. The van der Waals surface area contributed by atoms with Crippen LogP contribution in [0, 0.1) is 5.92 Å². The lowest BCUT2D eigenvalue weighted by atomic mass is 10.1. The molecule has 3 rings (SSSR count). The van der Waals surface area contributed by atoms with Crippen LogP contribution in [0.2, 0.25) is 0 Å². The van der Waals surface area contributed by atoms with Crippen LogP contribution in [0.15, 0.2) is 42.6 Å². The summed E-state index contributed by atoms with van der Waals surface area (Å²) in [5.41, 5.74) is 0.887. The number of aromatic hydroxyl groups is 1. The number of benzene rings is 2. The largest absolute Gasteiger partial charge is 0.506 e. The number of rotatable bonds is 10. The molecular formula is C24H29N3O6. The third kappa shape index (κ3) is 6.39. The van der Waals surface area contributed by atoms with Gasteiger partial charge in [0.1, 0.15) is 23.9 Å². The highest BCUT2D eigenvalue weighted by Gasteiger charge is 2.13. The number of methoxy groups -OCH3 is 1. The lowest BCUT2D eigenvalue weighted by Gasteiger charge is -2.14. The van der Waals surface area contributed by atoms with E-state index in [-0.39, 0.29) is 30.7 Å². The third-order valence-corrected chi connectivity index (χ3v) is 4.79. The number of anilines is 1. The normalized spacial score (nSPS) is 10.8. The van der Waals surface area contributed by atoms with Crippen molar-refractivity contribution in [3.8, 4) is 28.7 Å². The van der Waals surface area contributed by atoms with E-state index in [0.29, 0.717) is 46.4 Å². The molecule has 9 nitrogen and oxygen atoms in total. The molecule has 0 atom stereocenters. The van der Waals surface area contributed by atoms with Crippen molar-refractivity contribution in [3.05, 3.63) is 42.6 Å². The lowest BCUT2D eigenvalue weighted by Crippen LogP contribution is -2.30. The quantitative estimate of drug-likeness (QED) is 0.337. The van der Waals surface area contributed by atoms with E-state index in [4.69, 9.17) is 19.3 Å². The summed E-state index contributed by atoms with van der Waals surface area (Å²) in [4.78, 5) is 16.4. The zero-order valence-corrected chi connectivity index (χ0v) is 18.9. The first-order valence-electron chi connectivity index (χ1n) is 10.7. The Balaban J connectivity index is 1.77. The molecule has 0 bridgehead atoms. The number of nitrogens with zero attached hydrogens (tertiary/aromatic N) is 1. The molecule has 1 heterocycles. The van der Waals surface area contributed by atoms with E-state index in [0.717, 1.165) is 6.42 Å². The number of hydrogen-bond donors (Lipinski definition) is 4. The third-order valence-electron chi connectivity index (χ3n) is 4.79. The average molecular weight is 456 g/mol. The monoisotopic (exact) mass is 455 g/mol. The second-order valence-corrected chi connectivity index (χ2v) is 7.75. The van der Waals surface area contributed by atoms with Gasteiger partial charge in [-0.05, 0) is 36.6 Å². The number of phenols is 1. The van der Waals surface area contributed by atoms with Gasteiger partial charge in [-0.3, -0.25) is 4.98 Å². The van der Waals surface area contributed by atoms with Crippen LogP contribution in [0.25, 0.3) is 10.9 Å². The minimum absolute atomic E-state index is 0.119. The van der Waals surface area contributed by atoms with Crippen molar-refractivity contribution in [2.75, 3.05) is 32.2 Å². The number of aromatic nitrogens is 1. The van der Waals surface area contributed by atoms with Crippen LogP contribution in [0.3, 0.4) is 0 Å². The van der Waals surface area contributed by atoms with Crippen molar-refractivity contribution >= 4 is 22.6 Å². The minimum Gasteiger partial charge on any atom is -0.506 e. The Kier molecular flexibility index (Phi) is 8.15. The van der Waals surface area contributed by atoms with Crippen LogP contribution in [0.4, 0.5) is 10.5 Å². The first kappa shape index (κ1) is 23.9. The molecule has 33 heavy (non-hydrogen) atoms. The summed E-state index contributed by atoms with van der Waals surface area (Å²) in [7, 11) is 1.52. The highest BCUT2D eigenvalue weighted by molar-refractivity contribution is 5.91. The number of aliphatic hydroxyl groups excluding tert-OH is 1. The van der Waals surface area contributed by atoms with E-state index < -0.39 is 0 Å². The molecule has 9 heteroatoms. The van der Waals surface area contributed by atoms with Gasteiger partial charge in [0.05, 0.1) is 24.9 Å². The van der Waals surface area contributed by atoms with Gasteiger partial charge in [-0.25, -0.2) is 4.79 Å². The molecule has 0 aliphatic rings. The van der Waals surface area contributed by atoms with Crippen molar-refractivity contribution in [3.63, 3.8) is 0 Å². The molecule has 0 aliphatic heterocycles. The second-order valence-electron chi connectivity index (χ2n) is 7.75. The van der Waals surface area contributed by atoms with Gasteiger partial charge in [0.2, 0.25) is 0 Å². The molecule has 2 amide bonds. The number of nitrogens with one attached hydrogen (secondary N) is 2. The molecule has 0 unspecified atom stereocenters. The van der Waals surface area contributed by atoms with Crippen molar-refractivity contribution < 1.29 is 29.2 Å². The van der Waals surface area contributed by atoms with Gasteiger partial charge in [0, 0.05) is 30.3 Å². The number of carbonyl (C=O) groups excluding carboxylic acids is 1. The Hall–Kier alpha value is -3.72. The van der Waals surface area contributed by atoms with Crippen molar-refractivity contribution in [2.24, 2.45) is 5.92 Å². The summed E-state index contributed by atoms with van der Waals surface area (Å²) in [6, 6.07) is 9.39. The molecule has 0 saturated carbocycles. The van der Waals surface area contributed by atoms with Crippen molar-refractivity contribution in [2.45, 2.75) is 20.3 Å². The molecule has 3 aromatic rings. The maximum absolute atomic E-state index is 12.0. The van der Waals surface area contributed by atoms with Gasteiger partial charge in [-0.15, -0.1) is 0 Å². The van der Waals surface area contributed by atoms with Gasteiger partial charge in [0.15, 0.2) is 11.5 Å². The first-order chi connectivity index (χ1) is 15.9. The van der Waals surface area contributed by atoms with Gasteiger partial charge in [0.25, 0.3) is 0 Å².